The first-order valence-corrected chi connectivity index (χ1v) is 7.18. The van der Waals surface area contributed by atoms with Gasteiger partial charge >= 0.3 is 0 Å². The van der Waals surface area contributed by atoms with Crippen LogP contribution in [0.2, 0.25) is 0 Å². The number of benzene rings is 1. The average Bonchev–Trinajstić information content (AvgIpc) is 2.46. The Bertz CT molecular complexity index is 647. The maximum atomic E-state index is 12.9. The van der Waals surface area contributed by atoms with E-state index in [4.69, 9.17) is 0 Å². The molecule has 0 saturated heterocycles. The molecule has 0 atom stereocenters. The highest BCUT2D eigenvalue weighted by atomic mass is 19.3. The van der Waals surface area contributed by atoms with Gasteiger partial charge in [-0.1, -0.05) is 12.1 Å². The molecule has 22 heavy (non-hydrogen) atoms. The van der Waals surface area contributed by atoms with Gasteiger partial charge in [0.05, 0.1) is 5.69 Å². The molecule has 0 spiro atoms. The molecule has 0 radical (unpaired) electrons. The molecule has 0 unspecified atom stereocenters. The summed E-state index contributed by atoms with van der Waals surface area (Å²) in [5.74, 6) is -2.15. The highest BCUT2D eigenvalue weighted by molar-refractivity contribution is 5.63. The van der Waals surface area contributed by atoms with Gasteiger partial charge in [0.1, 0.15) is 0 Å². The van der Waals surface area contributed by atoms with Crippen molar-refractivity contribution >= 4 is 11.6 Å². The number of aromatic nitrogens is 2. The lowest BCUT2D eigenvalue weighted by atomic mass is 9.88. The Morgan fingerprint density at radius 1 is 1.14 bits per heavy atom. The summed E-state index contributed by atoms with van der Waals surface area (Å²) >= 11 is 0. The third-order valence-corrected chi connectivity index (χ3v) is 3.76. The van der Waals surface area contributed by atoms with Crippen LogP contribution >= 0.6 is 0 Å². The summed E-state index contributed by atoms with van der Waals surface area (Å²) in [5.41, 5.74) is 2.84. The first-order chi connectivity index (χ1) is 10.4. The molecule has 1 aromatic carbocycles. The van der Waals surface area contributed by atoms with E-state index in [1.54, 1.807) is 6.20 Å². The van der Waals surface area contributed by atoms with Crippen molar-refractivity contribution in [2.75, 3.05) is 24.3 Å². The molecule has 1 aliphatic carbocycles. The zero-order valence-corrected chi connectivity index (χ0v) is 12.6. The van der Waals surface area contributed by atoms with E-state index in [0.717, 1.165) is 16.9 Å². The lowest BCUT2D eigenvalue weighted by Crippen LogP contribution is -2.44. The SMILES string of the molecule is CN(C)c1ccc(-c2ccnc(NC3CC(F)(F)C3)n2)cc1. The van der Waals surface area contributed by atoms with Gasteiger partial charge in [0, 0.05) is 50.4 Å². The molecule has 0 aliphatic heterocycles. The van der Waals surface area contributed by atoms with Crippen LogP contribution in [0.5, 0.6) is 0 Å². The van der Waals surface area contributed by atoms with Gasteiger partial charge in [-0.25, -0.2) is 18.7 Å². The molecule has 1 aliphatic rings. The topological polar surface area (TPSA) is 41.1 Å². The fraction of sp³-hybridized carbons (Fsp3) is 0.375. The first-order valence-electron chi connectivity index (χ1n) is 7.18. The van der Waals surface area contributed by atoms with E-state index in [2.05, 4.69) is 15.3 Å². The molecule has 1 heterocycles. The van der Waals surface area contributed by atoms with Crippen molar-refractivity contribution in [2.45, 2.75) is 24.8 Å². The number of nitrogens with one attached hydrogen (secondary N) is 1. The van der Waals surface area contributed by atoms with Crippen molar-refractivity contribution in [2.24, 2.45) is 0 Å². The van der Waals surface area contributed by atoms with Crippen LogP contribution in [0.3, 0.4) is 0 Å². The molecule has 116 valence electrons. The van der Waals surface area contributed by atoms with Gasteiger partial charge in [-0.05, 0) is 18.2 Å². The molecule has 4 nitrogen and oxygen atoms in total. The van der Waals surface area contributed by atoms with E-state index in [1.807, 2.05) is 49.3 Å². The number of hydrogen-bond donors (Lipinski definition) is 1. The molecule has 2 aromatic rings. The highest BCUT2D eigenvalue weighted by Crippen LogP contribution is 2.38. The van der Waals surface area contributed by atoms with E-state index in [9.17, 15) is 8.78 Å². The van der Waals surface area contributed by atoms with E-state index >= 15 is 0 Å². The minimum absolute atomic E-state index is 0.155. The van der Waals surface area contributed by atoms with E-state index < -0.39 is 5.92 Å². The number of anilines is 2. The monoisotopic (exact) mass is 304 g/mol. The Hall–Kier alpha value is -2.24. The summed E-state index contributed by atoms with van der Waals surface area (Å²) in [6.07, 6.45) is 1.33. The predicted molar refractivity (Wildman–Crippen MR) is 83.4 cm³/mol. The summed E-state index contributed by atoms with van der Waals surface area (Å²) in [6, 6.07) is 9.55. The van der Waals surface area contributed by atoms with Crippen LogP contribution in [-0.2, 0) is 0 Å². The van der Waals surface area contributed by atoms with Crippen LogP contribution in [0.1, 0.15) is 12.8 Å². The molecular formula is C16H18F2N4. The largest absolute Gasteiger partial charge is 0.378 e. The fourth-order valence-electron chi connectivity index (χ4n) is 2.47. The smallest absolute Gasteiger partial charge is 0.252 e. The molecule has 1 saturated carbocycles. The fourth-order valence-corrected chi connectivity index (χ4v) is 2.47. The predicted octanol–water partition coefficient (Wildman–Crippen LogP) is 3.42. The van der Waals surface area contributed by atoms with Crippen LogP contribution < -0.4 is 10.2 Å². The number of hydrogen-bond acceptors (Lipinski definition) is 4. The van der Waals surface area contributed by atoms with Crippen molar-refractivity contribution in [3.8, 4) is 11.3 Å². The molecule has 0 bridgehead atoms. The molecule has 3 rings (SSSR count). The molecule has 1 fully saturated rings. The maximum Gasteiger partial charge on any atom is 0.252 e. The number of nitrogens with zero attached hydrogens (tertiary/aromatic N) is 3. The minimum atomic E-state index is -2.54. The third kappa shape index (κ3) is 3.16. The Balaban J connectivity index is 1.73. The standard InChI is InChI=1S/C16H18F2N4/c1-22(2)13-5-3-11(4-6-13)14-7-8-19-15(21-14)20-12-9-16(17,18)10-12/h3-8,12H,9-10H2,1-2H3,(H,19,20,21). The summed E-state index contributed by atoms with van der Waals surface area (Å²) in [4.78, 5) is 10.5. The van der Waals surface area contributed by atoms with Gasteiger partial charge in [0.15, 0.2) is 0 Å². The van der Waals surface area contributed by atoms with Crippen molar-refractivity contribution in [1.82, 2.24) is 9.97 Å². The van der Waals surface area contributed by atoms with Crippen LogP contribution in [-0.4, -0.2) is 36.0 Å². The van der Waals surface area contributed by atoms with Crippen LogP contribution in [0.15, 0.2) is 36.5 Å². The number of rotatable bonds is 4. The van der Waals surface area contributed by atoms with E-state index in [1.165, 1.54) is 0 Å². The molecule has 0 amide bonds. The van der Waals surface area contributed by atoms with E-state index in [0.29, 0.717) is 5.95 Å². The van der Waals surface area contributed by atoms with Crippen LogP contribution in [0.25, 0.3) is 11.3 Å². The van der Waals surface area contributed by atoms with Crippen molar-refractivity contribution in [3.05, 3.63) is 36.5 Å². The van der Waals surface area contributed by atoms with Gasteiger partial charge in [-0.15, -0.1) is 0 Å². The first kappa shape index (κ1) is 14.7. The van der Waals surface area contributed by atoms with Crippen LogP contribution in [0.4, 0.5) is 20.4 Å². The van der Waals surface area contributed by atoms with Crippen molar-refractivity contribution in [3.63, 3.8) is 0 Å². The average molecular weight is 304 g/mol. The zero-order chi connectivity index (χ0) is 15.7. The molecule has 6 heteroatoms. The lowest BCUT2D eigenvalue weighted by molar-refractivity contribution is -0.0794. The number of halogens is 2. The normalized spacial score (nSPS) is 16.9. The van der Waals surface area contributed by atoms with E-state index in [-0.39, 0.29) is 18.9 Å². The second kappa shape index (κ2) is 5.51. The van der Waals surface area contributed by atoms with Crippen molar-refractivity contribution in [1.29, 1.82) is 0 Å². The molecule has 1 aromatic heterocycles. The maximum absolute atomic E-state index is 12.9. The van der Waals surface area contributed by atoms with Gasteiger partial charge in [-0.2, -0.15) is 0 Å². The zero-order valence-electron chi connectivity index (χ0n) is 12.6. The third-order valence-electron chi connectivity index (χ3n) is 3.76. The Morgan fingerprint density at radius 2 is 1.82 bits per heavy atom. The quantitative estimate of drug-likeness (QED) is 0.939. The van der Waals surface area contributed by atoms with Crippen molar-refractivity contribution < 1.29 is 8.78 Å². The summed E-state index contributed by atoms with van der Waals surface area (Å²) in [5, 5.41) is 2.96. The van der Waals surface area contributed by atoms with Gasteiger partial charge in [0.2, 0.25) is 5.95 Å². The van der Waals surface area contributed by atoms with Crippen LogP contribution in [0, 0.1) is 0 Å². The summed E-state index contributed by atoms with van der Waals surface area (Å²) in [6.45, 7) is 0. The number of alkyl halides is 2. The summed E-state index contributed by atoms with van der Waals surface area (Å²) in [7, 11) is 3.96. The second-order valence-corrected chi connectivity index (χ2v) is 5.81. The van der Waals surface area contributed by atoms with Gasteiger partial charge in [0.25, 0.3) is 5.92 Å². The molecular weight excluding hydrogens is 286 g/mol. The van der Waals surface area contributed by atoms with Gasteiger partial charge in [-0.3, -0.25) is 0 Å². The molecule has 1 N–H and O–H groups in total. The Kier molecular flexibility index (Phi) is 3.68. The highest BCUT2D eigenvalue weighted by Gasteiger charge is 2.45. The summed E-state index contributed by atoms with van der Waals surface area (Å²) < 4.78 is 25.7. The minimum Gasteiger partial charge on any atom is -0.378 e. The van der Waals surface area contributed by atoms with Gasteiger partial charge < -0.3 is 10.2 Å². The Morgan fingerprint density at radius 3 is 2.41 bits per heavy atom. The Labute approximate surface area is 128 Å². The second-order valence-electron chi connectivity index (χ2n) is 5.81. The lowest BCUT2D eigenvalue weighted by Gasteiger charge is -2.35.